The van der Waals surface area contributed by atoms with Gasteiger partial charge in [0.25, 0.3) is 40.7 Å². The summed E-state index contributed by atoms with van der Waals surface area (Å²) in [5.74, 6) is -3.79. The molecule has 22 nitrogen and oxygen atoms in total. The average Bonchev–Trinajstić information content (AvgIpc) is 0.830. The second-order valence-electron chi connectivity index (χ2n) is 21.2. The highest BCUT2D eigenvalue weighted by Gasteiger charge is 2.34. The zero-order chi connectivity index (χ0) is 75.7. The van der Waals surface area contributed by atoms with E-state index in [4.69, 9.17) is 28.8 Å². The minimum absolute atomic E-state index is 0.0588. The normalized spacial score (nSPS) is 11.1. The van der Waals surface area contributed by atoms with E-state index in [9.17, 15) is 86.2 Å². The van der Waals surface area contributed by atoms with E-state index in [1.54, 1.807) is 50.2 Å². The summed E-state index contributed by atoms with van der Waals surface area (Å²) < 4.78 is 153. The molecule has 3 heterocycles. The molecule has 0 aliphatic rings. The lowest BCUT2D eigenvalue weighted by molar-refractivity contribution is -0.138. The molecule has 0 spiro atoms. The number of hydrogen-bond donors (Lipinski definition) is 9. The Morgan fingerprint density at radius 1 is 0.330 bits per heavy atom. The summed E-state index contributed by atoms with van der Waals surface area (Å²) in [6.07, 6.45) is -10.4. The van der Waals surface area contributed by atoms with E-state index in [1.807, 2.05) is 0 Å². The monoisotopic (exact) mass is 1450 g/mol. The molecule has 10 rings (SSSR count). The van der Waals surface area contributed by atoms with E-state index in [0.29, 0.717) is 51.6 Å². The number of nitrogens with zero attached hydrogens (tertiary/aromatic N) is 6. The van der Waals surface area contributed by atoms with E-state index < -0.39 is 81.7 Å². The zero-order valence-corrected chi connectivity index (χ0v) is 53.8. The Bertz CT molecular complexity index is 4780. The number of rotatable bonds is 13. The van der Waals surface area contributed by atoms with Crippen molar-refractivity contribution in [2.45, 2.75) is 45.5 Å². The van der Waals surface area contributed by atoms with Gasteiger partial charge in [-0.2, -0.15) is 52.7 Å². The number of halogens is 13. The molecule has 0 saturated heterocycles. The third-order valence-corrected chi connectivity index (χ3v) is 14.3. The number of nitrogens with one attached hydrogen (secondary N) is 6. The number of nitrogens with two attached hydrogens (primary N) is 3. The van der Waals surface area contributed by atoms with Crippen LogP contribution < -0.4 is 49.1 Å². The van der Waals surface area contributed by atoms with Crippen molar-refractivity contribution in [1.29, 1.82) is 0 Å². The Balaban J connectivity index is 0.000000210. The van der Waals surface area contributed by atoms with Gasteiger partial charge in [-0.1, -0.05) is 48.5 Å². The van der Waals surface area contributed by atoms with Gasteiger partial charge in [0.1, 0.15) is 0 Å². The van der Waals surface area contributed by atoms with E-state index >= 15 is 0 Å². The van der Waals surface area contributed by atoms with E-state index in [1.165, 1.54) is 74.2 Å². The van der Waals surface area contributed by atoms with Crippen molar-refractivity contribution in [3.05, 3.63) is 267 Å². The van der Waals surface area contributed by atoms with Crippen molar-refractivity contribution >= 4 is 104 Å². The van der Waals surface area contributed by atoms with Crippen LogP contribution in [0.1, 0.15) is 111 Å². The first-order chi connectivity index (χ1) is 48.4. The number of amides is 6. The standard InChI is InChI=1S/C28H19F6N5O3.C20H16F3N5O2.C12H13N5O.C8H4ClF3O/c1-15-21(9-4-10-22(15)38-23(40)16-5-2-7-18(11-16)27(29,30)31)25(42)37-20-13-35-26(36-14-20)39-24(41)17-6-3-8-19(12-17)28(32,33)34;1-11-15(18(30)27-14-9-25-19(24)26-10-14)6-3-7-16(11)28-17(29)12-4-2-5-13(8-12)20(21,22)23;1-7-9(3-2-4-10(7)13)11(18)17-8-5-15-12(14)16-6-8;9-7(13)5-2-1-3-6(4-5)8(10,11)12/h2-14H,1H3,(H,37,42)(H,38,40)(H,35,36,39,41);2-10H,1H3,(H,27,30)(H,28,29)(H2,24,25,26);2-6H,13H2,1H3,(H,17,18)(H2,14,15,16);1-4H. The fourth-order valence-corrected chi connectivity index (χ4v) is 8.80. The maximum Gasteiger partial charge on any atom is 0.416 e. The van der Waals surface area contributed by atoms with Gasteiger partial charge in [-0.05, 0) is 152 Å². The van der Waals surface area contributed by atoms with Crippen molar-refractivity contribution < 1.29 is 86.2 Å². The summed E-state index contributed by atoms with van der Waals surface area (Å²) in [5.41, 5.74) is 16.3. The third kappa shape index (κ3) is 22.1. The molecule has 0 atom stereocenters. The molecule has 0 bridgehead atoms. The highest BCUT2D eigenvalue weighted by molar-refractivity contribution is 6.67. The molecule has 0 unspecified atom stereocenters. The van der Waals surface area contributed by atoms with Crippen LogP contribution in [0.15, 0.2) is 189 Å². The maximum atomic E-state index is 13.0. The van der Waals surface area contributed by atoms with Gasteiger partial charge in [0, 0.05) is 56.0 Å². The Morgan fingerprint density at radius 2 is 0.602 bits per heavy atom. The summed E-state index contributed by atoms with van der Waals surface area (Å²) in [6, 6.07) is 29.9. The number of alkyl halides is 12. The maximum absolute atomic E-state index is 13.0. The summed E-state index contributed by atoms with van der Waals surface area (Å²) in [6.45, 7) is 4.93. The van der Waals surface area contributed by atoms with Crippen LogP contribution in [-0.4, -0.2) is 70.6 Å². The fourth-order valence-electron chi connectivity index (χ4n) is 8.68. The van der Waals surface area contributed by atoms with Gasteiger partial charge in [-0.15, -0.1) is 0 Å². The lowest BCUT2D eigenvalue weighted by Crippen LogP contribution is -2.18. The van der Waals surface area contributed by atoms with Gasteiger partial charge in [0.15, 0.2) is 0 Å². The number of benzene rings is 7. The Kier molecular flexibility index (Phi) is 25.1. The molecule has 0 saturated carbocycles. The molecular weight excluding hydrogens is 1400 g/mol. The van der Waals surface area contributed by atoms with Crippen molar-refractivity contribution in [3.8, 4) is 0 Å². The van der Waals surface area contributed by atoms with Crippen LogP contribution >= 0.6 is 11.6 Å². The smallest absolute Gasteiger partial charge is 0.398 e. The SMILES string of the molecule is Cc1c(N)cccc1C(=O)Nc1cnc(N)nc1.Cc1c(NC(=O)c2cccc(C(F)(F)F)c2)cccc1C(=O)Nc1cnc(N)nc1.Cc1c(NC(=O)c2cccc(C(F)(F)F)c2)cccc1C(=O)Nc1cnc(NC(=O)c2cccc(C(F)(F)F)c2)nc1.O=C(Cl)c1cccc(C(F)(F)F)c1. The largest absolute Gasteiger partial charge is 0.416 e. The molecule has 7 aromatic carbocycles. The van der Waals surface area contributed by atoms with Crippen LogP contribution in [-0.2, 0) is 24.7 Å². The molecule has 0 radical (unpaired) electrons. The van der Waals surface area contributed by atoms with Crippen molar-refractivity contribution in [1.82, 2.24) is 29.9 Å². The molecule has 103 heavy (non-hydrogen) atoms. The first-order valence-corrected chi connectivity index (χ1v) is 29.5. The molecule has 3 aromatic heterocycles. The molecule has 35 heteroatoms. The highest BCUT2D eigenvalue weighted by Crippen LogP contribution is 2.34. The van der Waals surface area contributed by atoms with Crippen LogP contribution in [0.2, 0.25) is 0 Å². The summed E-state index contributed by atoms with van der Waals surface area (Å²) >= 11 is 5.02. The minimum atomic E-state index is -4.63. The number of hydrogen-bond acceptors (Lipinski definition) is 16. The molecule has 6 amide bonds. The fraction of sp³-hybridized carbons (Fsp3) is 0.103. The summed E-state index contributed by atoms with van der Waals surface area (Å²) in [7, 11) is 0. The van der Waals surface area contributed by atoms with Gasteiger partial charge in [-0.3, -0.25) is 38.9 Å². The number of aromatic nitrogens is 6. The Morgan fingerprint density at radius 3 is 0.922 bits per heavy atom. The molecule has 0 fully saturated rings. The number of carbonyl (C=O) groups is 7. The quantitative estimate of drug-likeness (QED) is 0.0294. The number of nitrogen functional groups attached to an aromatic ring is 3. The van der Waals surface area contributed by atoms with Crippen LogP contribution in [0.3, 0.4) is 0 Å². The predicted molar refractivity (Wildman–Crippen MR) is 357 cm³/mol. The van der Waals surface area contributed by atoms with E-state index in [-0.39, 0.29) is 68.5 Å². The molecule has 10 aromatic rings. The van der Waals surface area contributed by atoms with Crippen LogP contribution in [0.25, 0.3) is 0 Å². The lowest BCUT2D eigenvalue weighted by atomic mass is 10.0. The topological polar surface area (TPSA) is 347 Å². The summed E-state index contributed by atoms with van der Waals surface area (Å²) in [5, 5.41) is 14.2. The zero-order valence-electron chi connectivity index (χ0n) is 53.1. The van der Waals surface area contributed by atoms with Crippen LogP contribution in [0.4, 0.5) is 105 Å². The summed E-state index contributed by atoms with van der Waals surface area (Å²) in [4.78, 5) is 108. The number of carbonyl (C=O) groups excluding carboxylic acids is 7. The molecule has 0 aliphatic carbocycles. The molecule has 12 N–H and O–H groups in total. The van der Waals surface area contributed by atoms with Crippen LogP contribution in [0.5, 0.6) is 0 Å². The Hall–Kier alpha value is -12.9. The van der Waals surface area contributed by atoms with E-state index in [0.717, 1.165) is 78.6 Å². The van der Waals surface area contributed by atoms with Gasteiger partial charge in [0.2, 0.25) is 17.8 Å². The average molecular weight is 1450 g/mol. The van der Waals surface area contributed by atoms with Gasteiger partial charge in [0.05, 0.1) is 76.5 Å². The Labute approximate surface area is 579 Å². The van der Waals surface area contributed by atoms with Crippen molar-refractivity contribution in [2.24, 2.45) is 0 Å². The first kappa shape index (κ1) is 77.5. The molecule has 0 aliphatic heterocycles. The second-order valence-corrected chi connectivity index (χ2v) is 21.6. The molecular formula is C68H52ClF12N15O7. The first-order valence-electron chi connectivity index (χ1n) is 29.1. The van der Waals surface area contributed by atoms with Crippen LogP contribution in [0, 0.1) is 20.8 Å². The predicted octanol–water partition coefficient (Wildman–Crippen LogP) is 14.8. The van der Waals surface area contributed by atoms with Gasteiger partial charge >= 0.3 is 24.7 Å². The second kappa shape index (κ2) is 33.3. The highest BCUT2D eigenvalue weighted by atomic mass is 35.5. The number of anilines is 9. The van der Waals surface area contributed by atoms with Gasteiger partial charge < -0.3 is 43.8 Å². The van der Waals surface area contributed by atoms with E-state index in [2.05, 4.69) is 61.8 Å². The molecule has 532 valence electrons. The third-order valence-electron chi connectivity index (χ3n) is 14.0. The lowest BCUT2D eigenvalue weighted by Gasteiger charge is -2.14. The van der Waals surface area contributed by atoms with Crippen molar-refractivity contribution in [2.75, 3.05) is 49.1 Å². The minimum Gasteiger partial charge on any atom is -0.398 e. The van der Waals surface area contributed by atoms with Gasteiger partial charge in [-0.25, -0.2) is 29.9 Å². The van der Waals surface area contributed by atoms with Crippen molar-refractivity contribution in [3.63, 3.8) is 0 Å².